The van der Waals surface area contributed by atoms with Crippen LogP contribution in [-0.2, 0) is 0 Å². The van der Waals surface area contributed by atoms with Crippen molar-refractivity contribution in [2.45, 2.75) is 55.6 Å². The molecule has 0 spiro atoms. The Morgan fingerprint density at radius 1 is 1.33 bits per heavy atom. The van der Waals surface area contributed by atoms with E-state index in [1.807, 2.05) is 24.6 Å². The number of hydrogen-bond acceptors (Lipinski definition) is 6. The van der Waals surface area contributed by atoms with Gasteiger partial charge in [0.15, 0.2) is 0 Å². The van der Waals surface area contributed by atoms with Crippen LogP contribution in [0.15, 0.2) is 16.1 Å². The van der Waals surface area contributed by atoms with E-state index in [-0.39, 0.29) is 0 Å². The molecular formula is C14H16N6S. The first kappa shape index (κ1) is 14.0. The zero-order chi connectivity index (χ0) is 14.8. The molecule has 1 aliphatic rings. The van der Waals surface area contributed by atoms with Crippen molar-refractivity contribution in [3.05, 3.63) is 23.0 Å². The van der Waals surface area contributed by atoms with Crippen LogP contribution in [0.5, 0.6) is 0 Å². The smallest absolute Gasteiger partial charge is 0.214 e. The average molecular weight is 300 g/mol. The lowest BCUT2D eigenvalue weighted by Gasteiger charge is -2.12. The fraction of sp³-hybridized carbons (Fsp3) is 0.500. The zero-order valence-electron chi connectivity index (χ0n) is 12.1. The quantitative estimate of drug-likeness (QED) is 0.867. The lowest BCUT2D eigenvalue weighted by Crippen LogP contribution is -2.08. The van der Waals surface area contributed by atoms with Crippen LogP contribution in [0.1, 0.15) is 48.7 Å². The van der Waals surface area contributed by atoms with E-state index < -0.39 is 0 Å². The van der Waals surface area contributed by atoms with Gasteiger partial charge in [0.25, 0.3) is 0 Å². The van der Waals surface area contributed by atoms with Crippen molar-refractivity contribution in [2.75, 3.05) is 0 Å². The second kappa shape index (κ2) is 5.82. The average Bonchev–Trinajstić information content (AvgIpc) is 3.08. The lowest BCUT2D eigenvalue weighted by atomic mass is 10.2. The summed E-state index contributed by atoms with van der Waals surface area (Å²) in [5.74, 6) is 0. The van der Waals surface area contributed by atoms with Gasteiger partial charge in [-0.15, -0.1) is 5.10 Å². The molecule has 0 N–H and O–H groups in total. The van der Waals surface area contributed by atoms with Crippen LogP contribution in [0.2, 0.25) is 0 Å². The number of tetrazole rings is 1. The number of hydrogen-bond donors (Lipinski definition) is 0. The van der Waals surface area contributed by atoms with Crippen LogP contribution < -0.4 is 0 Å². The minimum Gasteiger partial charge on any atom is -0.257 e. The molecule has 6 nitrogen and oxygen atoms in total. The van der Waals surface area contributed by atoms with Gasteiger partial charge in [-0.3, -0.25) is 4.98 Å². The standard InChI is InChI=1S/C14H16N6S/c1-9-7-13(12(8-15)10(2)16-9)21-14-17-18-19-20(14)11-5-3-4-6-11/h7,11H,3-6H2,1-2H3. The SMILES string of the molecule is Cc1cc(Sc2nnnn2C2CCCC2)c(C#N)c(C)n1. The fourth-order valence-corrected chi connectivity index (χ4v) is 3.82. The van der Waals surface area contributed by atoms with Crippen molar-refractivity contribution in [2.24, 2.45) is 0 Å². The molecule has 0 radical (unpaired) electrons. The van der Waals surface area contributed by atoms with Crippen LogP contribution >= 0.6 is 11.8 Å². The van der Waals surface area contributed by atoms with E-state index in [1.54, 1.807) is 0 Å². The molecule has 1 saturated carbocycles. The molecule has 3 rings (SSSR count). The predicted octanol–water partition coefficient (Wildman–Crippen LogP) is 2.82. The molecule has 1 fully saturated rings. The fourth-order valence-electron chi connectivity index (χ4n) is 2.74. The predicted molar refractivity (Wildman–Crippen MR) is 77.9 cm³/mol. The summed E-state index contributed by atoms with van der Waals surface area (Å²) in [4.78, 5) is 5.21. The molecular weight excluding hydrogens is 284 g/mol. The van der Waals surface area contributed by atoms with E-state index >= 15 is 0 Å². The molecule has 0 unspecified atom stereocenters. The van der Waals surface area contributed by atoms with Crippen LogP contribution in [0.4, 0.5) is 0 Å². The van der Waals surface area contributed by atoms with Crippen LogP contribution in [0.3, 0.4) is 0 Å². The Balaban J connectivity index is 1.95. The number of aromatic nitrogens is 5. The summed E-state index contributed by atoms with van der Waals surface area (Å²) < 4.78 is 1.91. The molecule has 2 aromatic rings. The maximum atomic E-state index is 9.34. The highest BCUT2D eigenvalue weighted by Gasteiger charge is 2.22. The van der Waals surface area contributed by atoms with Gasteiger partial charge >= 0.3 is 0 Å². The number of pyridine rings is 1. The van der Waals surface area contributed by atoms with E-state index in [4.69, 9.17) is 0 Å². The van der Waals surface area contributed by atoms with Gasteiger partial charge in [0.05, 0.1) is 17.3 Å². The second-order valence-electron chi connectivity index (χ2n) is 5.28. The zero-order valence-corrected chi connectivity index (χ0v) is 12.9. The van der Waals surface area contributed by atoms with E-state index in [0.29, 0.717) is 11.6 Å². The summed E-state index contributed by atoms with van der Waals surface area (Å²) in [5.41, 5.74) is 2.25. The van der Waals surface area contributed by atoms with Crippen molar-refractivity contribution in [1.82, 2.24) is 25.2 Å². The summed E-state index contributed by atoms with van der Waals surface area (Å²) >= 11 is 1.45. The Morgan fingerprint density at radius 2 is 2.10 bits per heavy atom. The first-order valence-electron chi connectivity index (χ1n) is 7.03. The number of aryl methyl sites for hydroxylation is 2. The molecule has 1 aliphatic carbocycles. The molecule has 0 aromatic carbocycles. The normalized spacial score (nSPS) is 15.3. The minimum absolute atomic E-state index is 0.386. The Kier molecular flexibility index (Phi) is 3.88. The van der Waals surface area contributed by atoms with Crippen molar-refractivity contribution in [1.29, 1.82) is 5.26 Å². The molecule has 0 amide bonds. The maximum Gasteiger partial charge on any atom is 0.214 e. The van der Waals surface area contributed by atoms with Gasteiger partial charge in [-0.1, -0.05) is 12.8 Å². The Bertz CT molecular complexity index is 696. The minimum atomic E-state index is 0.386. The highest BCUT2D eigenvalue weighted by molar-refractivity contribution is 7.99. The molecule has 0 bridgehead atoms. The lowest BCUT2D eigenvalue weighted by molar-refractivity contribution is 0.423. The molecule has 108 valence electrons. The first-order valence-corrected chi connectivity index (χ1v) is 7.84. The topological polar surface area (TPSA) is 80.3 Å². The van der Waals surface area contributed by atoms with E-state index in [2.05, 4.69) is 26.6 Å². The molecule has 0 saturated heterocycles. The van der Waals surface area contributed by atoms with E-state index in [0.717, 1.165) is 34.3 Å². The Hall–Kier alpha value is -1.94. The van der Waals surface area contributed by atoms with Gasteiger partial charge in [-0.2, -0.15) is 5.26 Å². The highest BCUT2D eigenvalue weighted by atomic mass is 32.2. The highest BCUT2D eigenvalue weighted by Crippen LogP contribution is 2.35. The van der Waals surface area contributed by atoms with Crippen molar-refractivity contribution in [3.8, 4) is 6.07 Å². The van der Waals surface area contributed by atoms with Gasteiger partial charge in [0.1, 0.15) is 6.07 Å². The molecule has 7 heteroatoms. The number of nitrogens with zero attached hydrogens (tertiary/aromatic N) is 6. The Labute approximate surface area is 127 Å². The largest absolute Gasteiger partial charge is 0.257 e. The van der Waals surface area contributed by atoms with Crippen LogP contribution in [0.25, 0.3) is 0 Å². The number of rotatable bonds is 3. The van der Waals surface area contributed by atoms with Gasteiger partial charge in [0.2, 0.25) is 5.16 Å². The molecule has 21 heavy (non-hydrogen) atoms. The van der Waals surface area contributed by atoms with Crippen molar-refractivity contribution < 1.29 is 0 Å². The summed E-state index contributed by atoms with van der Waals surface area (Å²) in [7, 11) is 0. The summed E-state index contributed by atoms with van der Waals surface area (Å²) in [6.07, 6.45) is 4.70. The van der Waals surface area contributed by atoms with Gasteiger partial charge in [-0.25, -0.2) is 4.68 Å². The Morgan fingerprint density at radius 3 is 2.81 bits per heavy atom. The summed E-state index contributed by atoms with van der Waals surface area (Å²) in [5, 5.41) is 22.2. The maximum absolute atomic E-state index is 9.34. The van der Waals surface area contributed by atoms with Crippen LogP contribution in [0, 0.1) is 25.2 Å². The molecule has 0 atom stereocenters. The second-order valence-corrected chi connectivity index (χ2v) is 6.29. The first-order chi connectivity index (χ1) is 10.2. The summed E-state index contributed by atoms with van der Waals surface area (Å²) in [6.45, 7) is 3.79. The van der Waals surface area contributed by atoms with E-state index in [9.17, 15) is 5.26 Å². The van der Waals surface area contributed by atoms with Crippen molar-refractivity contribution >= 4 is 11.8 Å². The third-order valence-corrected chi connectivity index (χ3v) is 4.73. The third kappa shape index (κ3) is 2.76. The molecule has 2 aromatic heterocycles. The molecule has 2 heterocycles. The van der Waals surface area contributed by atoms with E-state index in [1.165, 1.54) is 24.6 Å². The number of nitriles is 1. The van der Waals surface area contributed by atoms with Gasteiger partial charge in [0, 0.05) is 10.6 Å². The van der Waals surface area contributed by atoms with Gasteiger partial charge in [-0.05, 0) is 54.9 Å². The monoisotopic (exact) mass is 300 g/mol. The third-order valence-electron chi connectivity index (χ3n) is 3.74. The van der Waals surface area contributed by atoms with Crippen molar-refractivity contribution in [3.63, 3.8) is 0 Å². The van der Waals surface area contributed by atoms with Crippen LogP contribution in [-0.4, -0.2) is 25.2 Å². The molecule has 0 aliphatic heterocycles. The summed E-state index contributed by atoms with van der Waals surface area (Å²) in [6, 6.07) is 4.54. The van der Waals surface area contributed by atoms with Gasteiger partial charge < -0.3 is 0 Å².